The maximum Gasteiger partial charge on any atom is 0.261 e. The third kappa shape index (κ3) is 5.05. The van der Waals surface area contributed by atoms with Gasteiger partial charge in [0.1, 0.15) is 11.9 Å². The topological polar surface area (TPSA) is 86.7 Å². The number of anilines is 1. The first-order chi connectivity index (χ1) is 12.2. The molecule has 26 heavy (non-hydrogen) atoms. The molecule has 1 amide bonds. The minimum atomic E-state index is -3.86. The third-order valence-electron chi connectivity index (χ3n) is 3.35. The first-order valence-electron chi connectivity index (χ1n) is 7.58. The molecule has 2 aromatic carbocycles. The molecule has 1 atom stereocenters. The summed E-state index contributed by atoms with van der Waals surface area (Å²) in [6, 6.07) is 10.1. The summed E-state index contributed by atoms with van der Waals surface area (Å²) in [5.41, 5.74) is 0.773. The van der Waals surface area contributed by atoms with Crippen LogP contribution in [-0.4, -0.2) is 30.6 Å². The molecular formula is C18H17FN2O4S. The largest absolute Gasteiger partial charge is 0.285 e. The lowest BCUT2D eigenvalue weighted by molar-refractivity contribution is -0.166. The van der Waals surface area contributed by atoms with Crippen LogP contribution in [0.4, 0.5) is 10.1 Å². The van der Waals surface area contributed by atoms with E-state index in [1.165, 1.54) is 25.1 Å². The number of hydrogen-bond donors (Lipinski definition) is 2. The summed E-state index contributed by atoms with van der Waals surface area (Å²) < 4.78 is 39.9. The highest BCUT2D eigenvalue weighted by molar-refractivity contribution is 7.92. The van der Waals surface area contributed by atoms with Gasteiger partial charge in [-0.25, -0.2) is 17.9 Å². The molecule has 6 nitrogen and oxygen atoms in total. The minimum absolute atomic E-state index is 0.0682. The molecule has 0 bridgehead atoms. The molecule has 0 radical (unpaired) electrons. The molecule has 8 heteroatoms. The summed E-state index contributed by atoms with van der Waals surface area (Å²) in [6.07, 6.45) is 0. The van der Waals surface area contributed by atoms with E-state index in [1.807, 2.05) is 0 Å². The van der Waals surface area contributed by atoms with Gasteiger partial charge in [-0.2, -0.15) is 0 Å². The zero-order chi connectivity index (χ0) is 19.3. The number of hydroxylamine groups is 2. The van der Waals surface area contributed by atoms with Crippen molar-refractivity contribution in [1.82, 2.24) is 5.06 Å². The molecule has 0 aliphatic rings. The molecule has 136 valence electrons. The number of rotatable bonds is 4. The van der Waals surface area contributed by atoms with E-state index in [0.717, 1.165) is 12.1 Å². The number of benzene rings is 2. The van der Waals surface area contributed by atoms with E-state index >= 15 is 0 Å². The lowest BCUT2D eigenvalue weighted by Gasteiger charge is -2.15. The van der Waals surface area contributed by atoms with Crippen LogP contribution in [0.5, 0.6) is 0 Å². The van der Waals surface area contributed by atoms with Crippen molar-refractivity contribution in [2.45, 2.75) is 24.8 Å². The zero-order valence-electron chi connectivity index (χ0n) is 14.1. The highest BCUT2D eigenvalue weighted by Crippen LogP contribution is 2.17. The molecule has 2 rings (SSSR count). The number of amides is 1. The first kappa shape index (κ1) is 19.4. The van der Waals surface area contributed by atoms with Crippen molar-refractivity contribution >= 4 is 21.6 Å². The van der Waals surface area contributed by atoms with Crippen molar-refractivity contribution in [3.63, 3.8) is 0 Å². The summed E-state index contributed by atoms with van der Waals surface area (Å²) >= 11 is 0. The number of hydrogen-bond acceptors (Lipinski definition) is 4. The van der Waals surface area contributed by atoms with Gasteiger partial charge in [0.25, 0.3) is 10.0 Å². The van der Waals surface area contributed by atoms with Crippen molar-refractivity contribution in [2.75, 3.05) is 4.72 Å². The predicted molar refractivity (Wildman–Crippen MR) is 94.3 cm³/mol. The van der Waals surface area contributed by atoms with Crippen LogP contribution in [0.15, 0.2) is 53.4 Å². The molecule has 0 saturated heterocycles. The molecule has 1 unspecified atom stereocenters. The van der Waals surface area contributed by atoms with Gasteiger partial charge in [-0.3, -0.25) is 14.7 Å². The average Bonchev–Trinajstić information content (AvgIpc) is 2.59. The first-order valence-corrected chi connectivity index (χ1v) is 9.06. The van der Waals surface area contributed by atoms with E-state index in [1.54, 1.807) is 25.1 Å². The number of carbonyl (C=O) groups is 1. The molecule has 0 fully saturated rings. The minimum Gasteiger partial charge on any atom is -0.285 e. The fraction of sp³-hybridized carbons (Fsp3) is 0.167. The van der Waals surface area contributed by atoms with Gasteiger partial charge < -0.3 is 0 Å². The van der Waals surface area contributed by atoms with Crippen LogP contribution >= 0.6 is 0 Å². The Kier molecular flexibility index (Phi) is 5.97. The summed E-state index contributed by atoms with van der Waals surface area (Å²) in [5, 5.41) is 10.00. The van der Waals surface area contributed by atoms with Gasteiger partial charge in [-0.1, -0.05) is 17.9 Å². The Morgan fingerprint density at radius 2 is 1.88 bits per heavy atom. The maximum absolute atomic E-state index is 12.9. The third-order valence-corrected chi connectivity index (χ3v) is 4.75. The SMILES string of the molecule is CC(=O)N(O)C(C)C#Cc1cccc(NS(=O)(=O)c2ccc(F)cc2)c1. The van der Waals surface area contributed by atoms with E-state index in [9.17, 15) is 22.8 Å². The van der Waals surface area contributed by atoms with Crippen LogP contribution in [0.25, 0.3) is 0 Å². The summed E-state index contributed by atoms with van der Waals surface area (Å²) in [7, 11) is -3.86. The van der Waals surface area contributed by atoms with Crippen molar-refractivity contribution in [2.24, 2.45) is 0 Å². The second-order valence-corrected chi connectivity index (χ2v) is 7.13. The van der Waals surface area contributed by atoms with Crippen LogP contribution in [0.3, 0.4) is 0 Å². The van der Waals surface area contributed by atoms with Crippen LogP contribution in [0.1, 0.15) is 19.4 Å². The molecule has 2 N–H and O–H groups in total. The Bertz CT molecular complexity index is 963. The quantitative estimate of drug-likeness (QED) is 0.488. The average molecular weight is 376 g/mol. The monoisotopic (exact) mass is 376 g/mol. The number of carbonyl (C=O) groups excluding carboxylic acids is 1. The predicted octanol–water partition coefficient (Wildman–Crippen LogP) is 2.60. The highest BCUT2D eigenvalue weighted by Gasteiger charge is 2.14. The molecule has 0 heterocycles. The van der Waals surface area contributed by atoms with Crippen LogP contribution in [0, 0.1) is 17.7 Å². The van der Waals surface area contributed by atoms with Crippen molar-refractivity contribution in [3.05, 3.63) is 59.9 Å². The van der Waals surface area contributed by atoms with Crippen molar-refractivity contribution in [3.8, 4) is 11.8 Å². The Balaban J connectivity index is 2.19. The van der Waals surface area contributed by atoms with Gasteiger partial charge in [-0.15, -0.1) is 0 Å². The van der Waals surface area contributed by atoms with Crippen LogP contribution < -0.4 is 4.72 Å². The Morgan fingerprint density at radius 1 is 1.23 bits per heavy atom. The second kappa shape index (κ2) is 7.99. The van der Waals surface area contributed by atoms with E-state index in [2.05, 4.69) is 16.6 Å². The fourth-order valence-corrected chi connectivity index (χ4v) is 3.06. The molecule has 2 aromatic rings. The molecule has 0 spiro atoms. The Hall–Kier alpha value is -2.89. The molecule has 0 aromatic heterocycles. The second-order valence-electron chi connectivity index (χ2n) is 5.45. The lowest BCUT2D eigenvalue weighted by atomic mass is 10.2. The Labute approximate surface area is 151 Å². The normalized spacial score (nSPS) is 11.8. The van der Waals surface area contributed by atoms with Crippen molar-refractivity contribution in [1.29, 1.82) is 0 Å². The lowest BCUT2D eigenvalue weighted by Crippen LogP contribution is -2.32. The van der Waals surface area contributed by atoms with Gasteiger partial charge in [0.15, 0.2) is 0 Å². The number of nitrogens with zero attached hydrogens (tertiary/aromatic N) is 1. The van der Waals surface area contributed by atoms with Crippen LogP contribution in [-0.2, 0) is 14.8 Å². The number of sulfonamides is 1. The van der Waals surface area contributed by atoms with E-state index in [-0.39, 0.29) is 10.6 Å². The molecule has 0 aliphatic carbocycles. The van der Waals surface area contributed by atoms with Gasteiger partial charge >= 0.3 is 0 Å². The summed E-state index contributed by atoms with van der Waals surface area (Å²) in [5.74, 6) is 4.40. The number of nitrogens with one attached hydrogen (secondary N) is 1. The van der Waals surface area contributed by atoms with E-state index in [4.69, 9.17) is 0 Å². The summed E-state index contributed by atoms with van der Waals surface area (Å²) in [6.45, 7) is 2.76. The fourth-order valence-electron chi connectivity index (χ4n) is 2.01. The van der Waals surface area contributed by atoms with E-state index < -0.39 is 27.8 Å². The van der Waals surface area contributed by atoms with Gasteiger partial charge in [0.2, 0.25) is 5.91 Å². The maximum atomic E-state index is 12.9. The molecule has 0 saturated carbocycles. The standard InChI is InChI=1S/C18H17FN2O4S/c1-13(21(23)14(2)22)6-7-15-4-3-5-17(12-15)20-26(24,25)18-10-8-16(19)9-11-18/h3-5,8-13,20,23H,1-2H3. The smallest absolute Gasteiger partial charge is 0.261 e. The van der Waals surface area contributed by atoms with Gasteiger partial charge in [0.05, 0.1) is 10.6 Å². The van der Waals surface area contributed by atoms with Gasteiger partial charge in [-0.05, 0) is 49.4 Å². The molecular weight excluding hydrogens is 359 g/mol. The Morgan fingerprint density at radius 3 is 2.50 bits per heavy atom. The van der Waals surface area contributed by atoms with Crippen molar-refractivity contribution < 1.29 is 22.8 Å². The zero-order valence-corrected chi connectivity index (χ0v) is 14.9. The van der Waals surface area contributed by atoms with Gasteiger partial charge in [0, 0.05) is 12.5 Å². The summed E-state index contributed by atoms with van der Waals surface area (Å²) in [4.78, 5) is 11.0. The molecule has 0 aliphatic heterocycles. The highest BCUT2D eigenvalue weighted by atomic mass is 32.2. The van der Waals surface area contributed by atoms with E-state index in [0.29, 0.717) is 10.6 Å². The van der Waals surface area contributed by atoms with Crippen LogP contribution in [0.2, 0.25) is 0 Å². The number of halogens is 1.